The Morgan fingerprint density at radius 1 is 1.10 bits per heavy atom. The number of hydrogen-bond acceptors (Lipinski definition) is 6. The number of anilines is 2. The molecule has 6 bridgehead atoms. The monoisotopic (exact) mass is 436 g/mol. The summed E-state index contributed by atoms with van der Waals surface area (Å²) in [6, 6.07) is 13.9. The molecule has 0 radical (unpaired) electrons. The molecule has 0 saturated carbocycles. The molecule has 1 amide bonds. The Kier molecular flexibility index (Phi) is 6.74. The van der Waals surface area contributed by atoms with E-state index in [9.17, 15) is 4.79 Å². The predicted octanol–water partition coefficient (Wildman–Crippen LogP) is 3.82. The molecule has 1 aliphatic rings. The van der Waals surface area contributed by atoms with E-state index in [1.54, 1.807) is 0 Å². The normalized spacial score (nSPS) is 15.4. The molecule has 0 unspecified atom stereocenters. The quantitative estimate of drug-likeness (QED) is 0.603. The summed E-state index contributed by atoms with van der Waals surface area (Å²) in [5.74, 6) is 1.09. The highest BCUT2D eigenvalue weighted by Crippen LogP contribution is 2.24. The molecule has 0 spiro atoms. The molecule has 7 nitrogen and oxygen atoms in total. The standard InChI is InChI=1S/C23H25ClN6O/c1-2-30-13-17-10-19(24)12-20(11-17)28-23-27-15-26-22(29-23)18-7-3-5-16(9-18)6-4-8-25-21(31)14-30/h3,5,7,9-12,15H,2,4,6,8,13-14H2,1H3,(H,25,31)(H,26,27,28,29). The van der Waals surface area contributed by atoms with Gasteiger partial charge in [0.05, 0.1) is 6.54 Å². The number of nitrogens with zero attached hydrogens (tertiary/aromatic N) is 4. The van der Waals surface area contributed by atoms with E-state index in [1.165, 1.54) is 11.9 Å². The maximum atomic E-state index is 12.4. The fourth-order valence-electron chi connectivity index (χ4n) is 3.62. The second-order valence-corrected chi connectivity index (χ2v) is 8.00. The number of likely N-dealkylation sites (N-methyl/N-ethyl adjacent to an activating group) is 1. The molecule has 2 N–H and O–H groups in total. The van der Waals surface area contributed by atoms with Crippen molar-refractivity contribution in [2.75, 3.05) is 25.0 Å². The van der Waals surface area contributed by atoms with Gasteiger partial charge in [0.2, 0.25) is 11.9 Å². The van der Waals surface area contributed by atoms with E-state index in [-0.39, 0.29) is 5.91 Å². The lowest BCUT2D eigenvalue weighted by Gasteiger charge is -2.21. The highest BCUT2D eigenvalue weighted by Gasteiger charge is 2.12. The van der Waals surface area contributed by atoms with E-state index >= 15 is 0 Å². The summed E-state index contributed by atoms with van der Waals surface area (Å²) >= 11 is 6.36. The van der Waals surface area contributed by atoms with Crippen molar-refractivity contribution in [3.05, 3.63) is 64.9 Å². The molecule has 0 saturated heterocycles. The number of aryl methyl sites for hydroxylation is 1. The van der Waals surface area contributed by atoms with Gasteiger partial charge in [-0.05, 0) is 54.8 Å². The zero-order chi connectivity index (χ0) is 21.6. The van der Waals surface area contributed by atoms with Gasteiger partial charge >= 0.3 is 0 Å². The number of amides is 1. The maximum Gasteiger partial charge on any atom is 0.234 e. The molecule has 3 aromatic rings. The number of hydrogen-bond donors (Lipinski definition) is 2. The first-order chi connectivity index (χ1) is 15.1. The lowest BCUT2D eigenvalue weighted by Crippen LogP contribution is -2.37. The van der Waals surface area contributed by atoms with Gasteiger partial charge in [-0.3, -0.25) is 9.69 Å². The van der Waals surface area contributed by atoms with Crippen LogP contribution in [0.3, 0.4) is 0 Å². The average Bonchev–Trinajstić information content (AvgIpc) is 2.76. The summed E-state index contributed by atoms with van der Waals surface area (Å²) in [4.78, 5) is 27.7. The molecule has 8 heteroatoms. The number of nitrogens with one attached hydrogen (secondary N) is 2. The smallest absolute Gasteiger partial charge is 0.234 e. The summed E-state index contributed by atoms with van der Waals surface area (Å²) in [7, 11) is 0. The van der Waals surface area contributed by atoms with Gasteiger partial charge in [-0.25, -0.2) is 9.97 Å². The van der Waals surface area contributed by atoms with E-state index in [4.69, 9.17) is 11.6 Å². The Labute approximate surface area is 186 Å². The van der Waals surface area contributed by atoms with Crippen molar-refractivity contribution in [3.8, 4) is 11.4 Å². The van der Waals surface area contributed by atoms with Gasteiger partial charge in [0.1, 0.15) is 6.33 Å². The van der Waals surface area contributed by atoms with Gasteiger partial charge in [0.25, 0.3) is 0 Å². The third-order valence-electron chi connectivity index (χ3n) is 5.16. The highest BCUT2D eigenvalue weighted by atomic mass is 35.5. The van der Waals surface area contributed by atoms with Crippen molar-refractivity contribution in [2.45, 2.75) is 26.3 Å². The van der Waals surface area contributed by atoms with Crippen molar-refractivity contribution < 1.29 is 4.79 Å². The molecule has 1 aromatic heterocycles. The first kappa shape index (κ1) is 21.2. The van der Waals surface area contributed by atoms with Crippen molar-refractivity contribution in [1.82, 2.24) is 25.2 Å². The molecule has 0 fully saturated rings. The zero-order valence-electron chi connectivity index (χ0n) is 17.4. The van der Waals surface area contributed by atoms with Gasteiger partial charge < -0.3 is 10.6 Å². The van der Waals surface area contributed by atoms with Crippen LogP contribution in [-0.2, 0) is 17.8 Å². The average molecular weight is 437 g/mol. The Balaban J connectivity index is 1.69. The maximum absolute atomic E-state index is 12.4. The minimum atomic E-state index is 0.0321. The largest absolute Gasteiger partial charge is 0.355 e. The van der Waals surface area contributed by atoms with Crippen LogP contribution in [0.2, 0.25) is 5.02 Å². The van der Waals surface area contributed by atoms with E-state index in [2.05, 4.69) is 42.6 Å². The third kappa shape index (κ3) is 5.77. The molecule has 2 heterocycles. The van der Waals surface area contributed by atoms with Crippen molar-refractivity contribution in [3.63, 3.8) is 0 Å². The van der Waals surface area contributed by atoms with E-state index in [0.29, 0.717) is 36.4 Å². The second-order valence-electron chi connectivity index (χ2n) is 7.56. The van der Waals surface area contributed by atoms with Gasteiger partial charge in [-0.1, -0.05) is 36.7 Å². The fraction of sp³-hybridized carbons (Fsp3) is 0.304. The lowest BCUT2D eigenvalue weighted by molar-refractivity contribution is -0.122. The Hall–Kier alpha value is -3.03. The Morgan fingerprint density at radius 2 is 2.00 bits per heavy atom. The summed E-state index contributed by atoms with van der Waals surface area (Å²) in [5.41, 5.74) is 3.90. The Bertz CT molecular complexity index is 1070. The zero-order valence-corrected chi connectivity index (χ0v) is 18.2. The van der Waals surface area contributed by atoms with Crippen LogP contribution in [-0.4, -0.2) is 45.4 Å². The molecule has 160 valence electrons. The van der Waals surface area contributed by atoms with Crippen LogP contribution in [0.25, 0.3) is 11.4 Å². The number of benzene rings is 2. The molecule has 1 aliphatic heterocycles. The minimum Gasteiger partial charge on any atom is -0.355 e. The van der Waals surface area contributed by atoms with E-state index in [1.807, 2.05) is 37.3 Å². The predicted molar refractivity (Wildman–Crippen MR) is 122 cm³/mol. The van der Waals surface area contributed by atoms with Crippen LogP contribution in [0.4, 0.5) is 11.6 Å². The SMILES string of the molecule is CCN1CC(=O)NCCCc2cccc(c2)-c2ncnc(n2)Nc2cc(Cl)cc(c2)C1. The summed E-state index contributed by atoms with van der Waals surface area (Å²) < 4.78 is 0. The van der Waals surface area contributed by atoms with E-state index in [0.717, 1.165) is 36.2 Å². The number of carbonyl (C=O) groups is 1. The molecular weight excluding hydrogens is 412 g/mol. The van der Waals surface area contributed by atoms with Crippen molar-refractivity contribution >= 4 is 29.1 Å². The first-order valence-corrected chi connectivity index (χ1v) is 10.8. The van der Waals surface area contributed by atoms with Crippen molar-refractivity contribution in [1.29, 1.82) is 0 Å². The van der Waals surface area contributed by atoms with Crippen LogP contribution in [0.1, 0.15) is 24.5 Å². The van der Waals surface area contributed by atoms with Crippen LogP contribution in [0, 0.1) is 0 Å². The molecule has 2 aromatic carbocycles. The highest BCUT2D eigenvalue weighted by molar-refractivity contribution is 6.31. The van der Waals surface area contributed by atoms with Crippen LogP contribution < -0.4 is 10.6 Å². The Morgan fingerprint density at radius 3 is 2.87 bits per heavy atom. The van der Waals surface area contributed by atoms with Gasteiger partial charge in [0.15, 0.2) is 5.82 Å². The number of aromatic nitrogens is 3. The summed E-state index contributed by atoms with van der Waals surface area (Å²) in [6.45, 7) is 4.40. The second kappa shape index (κ2) is 9.85. The molecule has 0 aliphatic carbocycles. The molecule has 4 rings (SSSR count). The summed E-state index contributed by atoms with van der Waals surface area (Å²) in [5, 5.41) is 6.87. The van der Waals surface area contributed by atoms with Crippen LogP contribution >= 0.6 is 11.6 Å². The number of fused-ring (bicyclic) bond motifs is 7. The van der Waals surface area contributed by atoms with Gasteiger partial charge in [0, 0.05) is 29.4 Å². The van der Waals surface area contributed by atoms with Crippen LogP contribution in [0.5, 0.6) is 0 Å². The van der Waals surface area contributed by atoms with Gasteiger partial charge in [-0.15, -0.1) is 0 Å². The van der Waals surface area contributed by atoms with E-state index < -0.39 is 0 Å². The molecule has 31 heavy (non-hydrogen) atoms. The number of carbonyl (C=O) groups excluding carboxylic acids is 1. The molecule has 0 atom stereocenters. The van der Waals surface area contributed by atoms with Gasteiger partial charge in [-0.2, -0.15) is 4.98 Å². The minimum absolute atomic E-state index is 0.0321. The first-order valence-electron chi connectivity index (χ1n) is 10.4. The van der Waals surface area contributed by atoms with Crippen LogP contribution in [0.15, 0.2) is 48.8 Å². The number of rotatable bonds is 1. The molecular formula is C23H25ClN6O. The number of halogens is 1. The van der Waals surface area contributed by atoms with Crippen molar-refractivity contribution in [2.24, 2.45) is 0 Å². The lowest BCUT2D eigenvalue weighted by atomic mass is 10.1. The fourth-order valence-corrected chi connectivity index (χ4v) is 3.88. The topological polar surface area (TPSA) is 83.0 Å². The third-order valence-corrected chi connectivity index (χ3v) is 5.37. The summed E-state index contributed by atoms with van der Waals surface area (Å²) in [6.07, 6.45) is 3.24.